The summed E-state index contributed by atoms with van der Waals surface area (Å²) in [5.41, 5.74) is 5.78. The van der Waals surface area contributed by atoms with Crippen LogP contribution in [0.5, 0.6) is 0 Å². The van der Waals surface area contributed by atoms with Crippen molar-refractivity contribution in [2.24, 2.45) is 5.73 Å². The van der Waals surface area contributed by atoms with Crippen LogP contribution in [-0.2, 0) is 4.79 Å². The molecular formula is C13H16ClFN2O. The molecular weight excluding hydrogens is 255 g/mol. The predicted octanol–water partition coefficient (Wildman–Crippen LogP) is 3.08. The van der Waals surface area contributed by atoms with Gasteiger partial charge in [-0.25, -0.2) is 4.39 Å². The van der Waals surface area contributed by atoms with Crippen LogP contribution in [0.3, 0.4) is 0 Å². The van der Waals surface area contributed by atoms with E-state index in [1.807, 2.05) is 0 Å². The first-order valence-corrected chi connectivity index (χ1v) is 6.41. The molecule has 0 heterocycles. The van der Waals surface area contributed by atoms with E-state index in [0.29, 0.717) is 0 Å². The molecule has 1 aliphatic rings. The minimum Gasteiger partial charge on any atom is -0.325 e. The first kappa shape index (κ1) is 13.3. The number of nitrogens with one attached hydrogen (secondary N) is 1. The molecule has 0 aromatic heterocycles. The fourth-order valence-electron chi connectivity index (χ4n) is 2.37. The molecule has 1 saturated carbocycles. The first-order chi connectivity index (χ1) is 8.50. The van der Waals surface area contributed by atoms with Crippen molar-refractivity contribution < 1.29 is 9.18 Å². The predicted molar refractivity (Wildman–Crippen MR) is 70.0 cm³/mol. The highest BCUT2D eigenvalue weighted by Crippen LogP contribution is 2.30. The summed E-state index contributed by atoms with van der Waals surface area (Å²) in [4.78, 5) is 11.8. The van der Waals surface area contributed by atoms with E-state index in [4.69, 9.17) is 17.3 Å². The molecule has 5 heteroatoms. The second kappa shape index (κ2) is 5.24. The number of hydrogen-bond acceptors (Lipinski definition) is 2. The molecule has 0 radical (unpaired) electrons. The molecule has 1 amide bonds. The highest BCUT2D eigenvalue weighted by Gasteiger charge is 2.31. The molecule has 98 valence electrons. The zero-order valence-electron chi connectivity index (χ0n) is 10.0. The van der Waals surface area contributed by atoms with Crippen LogP contribution in [0.15, 0.2) is 18.2 Å². The van der Waals surface area contributed by atoms with Gasteiger partial charge in [-0.15, -0.1) is 0 Å². The van der Waals surface area contributed by atoms with Gasteiger partial charge in [-0.2, -0.15) is 0 Å². The summed E-state index contributed by atoms with van der Waals surface area (Å²) >= 11 is 5.64. The minimum absolute atomic E-state index is 0.00359. The van der Waals surface area contributed by atoms with Gasteiger partial charge in [0.05, 0.1) is 10.7 Å². The largest absolute Gasteiger partial charge is 0.325 e. The van der Waals surface area contributed by atoms with Gasteiger partial charge in [0.1, 0.15) is 0 Å². The zero-order valence-corrected chi connectivity index (χ0v) is 10.8. The van der Waals surface area contributed by atoms with Crippen LogP contribution in [0.4, 0.5) is 10.1 Å². The fraction of sp³-hybridized carbons (Fsp3) is 0.462. The summed E-state index contributed by atoms with van der Waals surface area (Å²) in [6.07, 6.45) is 4.01. The molecule has 3 nitrogen and oxygen atoms in total. The number of carbonyl (C=O) groups is 1. The molecule has 0 unspecified atom stereocenters. The average molecular weight is 271 g/mol. The van der Waals surface area contributed by atoms with Crippen molar-refractivity contribution in [3.05, 3.63) is 29.0 Å². The third-order valence-corrected chi connectivity index (χ3v) is 3.63. The Bertz CT molecular complexity index is 458. The lowest BCUT2D eigenvalue weighted by molar-refractivity contribution is -0.117. The summed E-state index contributed by atoms with van der Waals surface area (Å²) in [5.74, 6) is -0.870. The lowest BCUT2D eigenvalue weighted by Crippen LogP contribution is -2.40. The molecule has 0 bridgehead atoms. The van der Waals surface area contributed by atoms with E-state index >= 15 is 0 Å². The smallest absolute Gasteiger partial charge is 0.226 e. The molecule has 3 N–H and O–H groups in total. The van der Waals surface area contributed by atoms with Crippen molar-refractivity contribution in [2.45, 2.75) is 37.6 Å². The lowest BCUT2D eigenvalue weighted by Gasteiger charge is -2.22. The van der Waals surface area contributed by atoms with E-state index < -0.39 is 11.4 Å². The Morgan fingerprint density at radius 1 is 1.44 bits per heavy atom. The zero-order chi connectivity index (χ0) is 13.2. The average Bonchev–Trinajstić information content (AvgIpc) is 2.71. The standard InChI is InChI=1S/C13H16ClFN2O/c14-9-4-3-5-10(12(9)15)17-11(18)8-13(16)6-1-2-7-13/h3-5H,1-2,6-8,16H2,(H,17,18). The number of carbonyl (C=O) groups excluding carboxylic acids is 1. The topological polar surface area (TPSA) is 55.1 Å². The van der Waals surface area contributed by atoms with Gasteiger partial charge in [0, 0.05) is 12.0 Å². The maximum Gasteiger partial charge on any atom is 0.226 e. The number of rotatable bonds is 3. The molecule has 1 aromatic carbocycles. The molecule has 1 fully saturated rings. The summed E-state index contributed by atoms with van der Waals surface area (Å²) < 4.78 is 13.6. The second-order valence-electron chi connectivity index (χ2n) is 4.90. The molecule has 1 aliphatic carbocycles. The Hall–Kier alpha value is -1.13. The maximum absolute atomic E-state index is 13.6. The van der Waals surface area contributed by atoms with Crippen LogP contribution in [0, 0.1) is 5.82 Å². The number of anilines is 1. The summed E-state index contributed by atoms with van der Waals surface area (Å²) in [6.45, 7) is 0. The van der Waals surface area contributed by atoms with Gasteiger partial charge in [-0.3, -0.25) is 4.79 Å². The van der Waals surface area contributed by atoms with Crippen LogP contribution < -0.4 is 11.1 Å². The van der Waals surface area contributed by atoms with Crippen molar-refractivity contribution in [3.63, 3.8) is 0 Å². The number of halogens is 2. The number of nitrogens with two attached hydrogens (primary N) is 1. The third-order valence-electron chi connectivity index (χ3n) is 3.34. The fourth-order valence-corrected chi connectivity index (χ4v) is 2.54. The van der Waals surface area contributed by atoms with Crippen LogP contribution in [0.2, 0.25) is 5.02 Å². The number of hydrogen-bond donors (Lipinski definition) is 2. The Morgan fingerprint density at radius 2 is 2.11 bits per heavy atom. The first-order valence-electron chi connectivity index (χ1n) is 6.03. The maximum atomic E-state index is 13.6. The van der Waals surface area contributed by atoms with Crippen molar-refractivity contribution in [1.29, 1.82) is 0 Å². The van der Waals surface area contributed by atoms with E-state index in [0.717, 1.165) is 25.7 Å². The summed E-state index contributed by atoms with van der Waals surface area (Å²) in [7, 11) is 0. The third kappa shape index (κ3) is 3.00. The molecule has 0 aliphatic heterocycles. The lowest BCUT2D eigenvalue weighted by atomic mass is 9.94. The van der Waals surface area contributed by atoms with E-state index in [2.05, 4.69) is 5.32 Å². The van der Waals surface area contributed by atoms with E-state index in [1.165, 1.54) is 12.1 Å². The Balaban J connectivity index is 2.01. The van der Waals surface area contributed by atoms with Crippen LogP contribution in [0.25, 0.3) is 0 Å². The summed E-state index contributed by atoms with van der Waals surface area (Å²) in [5, 5.41) is 2.52. The van der Waals surface area contributed by atoms with E-state index in [9.17, 15) is 9.18 Å². The molecule has 0 atom stereocenters. The van der Waals surface area contributed by atoms with Gasteiger partial charge in [-0.05, 0) is 25.0 Å². The van der Waals surface area contributed by atoms with E-state index in [-0.39, 0.29) is 23.0 Å². The van der Waals surface area contributed by atoms with Gasteiger partial charge in [0.25, 0.3) is 0 Å². The van der Waals surface area contributed by atoms with Crippen molar-refractivity contribution in [1.82, 2.24) is 0 Å². The van der Waals surface area contributed by atoms with Gasteiger partial charge >= 0.3 is 0 Å². The summed E-state index contributed by atoms with van der Waals surface area (Å²) in [6, 6.07) is 4.51. The minimum atomic E-state index is -0.606. The molecule has 2 rings (SSSR count). The van der Waals surface area contributed by atoms with Crippen molar-refractivity contribution in [3.8, 4) is 0 Å². The van der Waals surface area contributed by atoms with Crippen LogP contribution in [-0.4, -0.2) is 11.4 Å². The number of benzene rings is 1. The molecule has 0 saturated heterocycles. The SMILES string of the molecule is NC1(CC(=O)Nc2cccc(Cl)c2F)CCCC1. The quantitative estimate of drug-likeness (QED) is 0.887. The Labute approximate surface area is 111 Å². The van der Waals surface area contributed by atoms with E-state index in [1.54, 1.807) is 6.07 Å². The van der Waals surface area contributed by atoms with Gasteiger partial charge < -0.3 is 11.1 Å². The van der Waals surface area contributed by atoms with Crippen molar-refractivity contribution in [2.75, 3.05) is 5.32 Å². The molecule has 0 spiro atoms. The highest BCUT2D eigenvalue weighted by atomic mass is 35.5. The highest BCUT2D eigenvalue weighted by molar-refractivity contribution is 6.31. The van der Waals surface area contributed by atoms with Crippen molar-refractivity contribution >= 4 is 23.2 Å². The van der Waals surface area contributed by atoms with Crippen LogP contribution in [0.1, 0.15) is 32.1 Å². The Kier molecular flexibility index (Phi) is 3.88. The molecule has 1 aromatic rings. The molecule has 18 heavy (non-hydrogen) atoms. The second-order valence-corrected chi connectivity index (χ2v) is 5.30. The monoisotopic (exact) mass is 270 g/mol. The van der Waals surface area contributed by atoms with Gasteiger partial charge in [0.15, 0.2) is 5.82 Å². The van der Waals surface area contributed by atoms with Gasteiger partial charge in [0.2, 0.25) is 5.91 Å². The number of amides is 1. The van der Waals surface area contributed by atoms with Gasteiger partial charge in [-0.1, -0.05) is 30.5 Å². The van der Waals surface area contributed by atoms with Crippen LogP contribution >= 0.6 is 11.6 Å². The Morgan fingerprint density at radius 3 is 2.78 bits per heavy atom. The normalized spacial score (nSPS) is 17.7.